The predicted octanol–water partition coefficient (Wildman–Crippen LogP) is 3.58. The zero-order chi connectivity index (χ0) is 13.7. The van der Waals surface area contributed by atoms with E-state index in [1.807, 2.05) is 25.6 Å². The molecule has 0 aliphatic rings. The predicted molar refractivity (Wildman–Crippen MR) is 82.0 cm³/mol. The molecule has 0 fully saturated rings. The molecule has 1 heterocycles. The molecule has 5 heteroatoms. The number of aromatic nitrogens is 2. The van der Waals surface area contributed by atoms with Gasteiger partial charge in [-0.2, -0.15) is 11.8 Å². The number of hydrogen-bond donors (Lipinski definition) is 0. The molecule has 1 unspecified atom stereocenters. The fourth-order valence-corrected chi connectivity index (χ4v) is 2.92. The summed E-state index contributed by atoms with van der Waals surface area (Å²) in [6.45, 7) is 6.24. The zero-order valence-electron chi connectivity index (χ0n) is 11.8. The van der Waals surface area contributed by atoms with Crippen molar-refractivity contribution in [3.05, 3.63) is 16.5 Å². The van der Waals surface area contributed by atoms with E-state index < -0.39 is 0 Å². The molecule has 0 aliphatic heterocycles. The van der Waals surface area contributed by atoms with Crippen LogP contribution in [-0.4, -0.2) is 35.1 Å². The van der Waals surface area contributed by atoms with Gasteiger partial charge in [0.05, 0.1) is 0 Å². The summed E-state index contributed by atoms with van der Waals surface area (Å²) in [5.41, 5.74) is 0.968. The standard InChI is InChI=1S/C13H22ClN3S/c1-6-10(8-18-5)17(4)13-9(3)12(14)15-11(7-2)16-13/h10H,6-8H2,1-5H3. The maximum atomic E-state index is 6.18. The molecule has 1 aromatic rings. The van der Waals surface area contributed by atoms with Crippen LogP contribution >= 0.6 is 23.4 Å². The van der Waals surface area contributed by atoms with Gasteiger partial charge in [-0.3, -0.25) is 0 Å². The quantitative estimate of drug-likeness (QED) is 0.748. The van der Waals surface area contributed by atoms with Crippen molar-refractivity contribution in [3.8, 4) is 0 Å². The lowest BCUT2D eigenvalue weighted by molar-refractivity contribution is 0.660. The summed E-state index contributed by atoms with van der Waals surface area (Å²) < 4.78 is 0. The summed E-state index contributed by atoms with van der Waals surface area (Å²) in [7, 11) is 2.09. The number of hydrogen-bond acceptors (Lipinski definition) is 4. The van der Waals surface area contributed by atoms with Crippen LogP contribution in [-0.2, 0) is 6.42 Å². The molecule has 1 aromatic heterocycles. The van der Waals surface area contributed by atoms with E-state index in [2.05, 4.69) is 35.1 Å². The van der Waals surface area contributed by atoms with Crippen LogP contribution < -0.4 is 4.90 Å². The third kappa shape index (κ3) is 3.51. The van der Waals surface area contributed by atoms with Gasteiger partial charge in [0.15, 0.2) is 0 Å². The van der Waals surface area contributed by atoms with Crippen molar-refractivity contribution in [1.82, 2.24) is 9.97 Å². The van der Waals surface area contributed by atoms with Crippen LogP contribution in [0.5, 0.6) is 0 Å². The number of thioether (sulfide) groups is 1. The van der Waals surface area contributed by atoms with Crippen molar-refractivity contribution in [1.29, 1.82) is 0 Å². The van der Waals surface area contributed by atoms with Gasteiger partial charge in [0.25, 0.3) is 0 Å². The molecule has 0 saturated carbocycles. The van der Waals surface area contributed by atoms with Crippen molar-refractivity contribution >= 4 is 29.2 Å². The lowest BCUT2D eigenvalue weighted by Gasteiger charge is -2.29. The van der Waals surface area contributed by atoms with E-state index in [0.29, 0.717) is 11.2 Å². The Labute approximate surface area is 119 Å². The summed E-state index contributed by atoms with van der Waals surface area (Å²) in [6.07, 6.45) is 4.04. The first-order valence-electron chi connectivity index (χ1n) is 6.29. The summed E-state index contributed by atoms with van der Waals surface area (Å²) in [5.74, 6) is 2.87. The van der Waals surface area contributed by atoms with Crippen LogP contribution in [0.3, 0.4) is 0 Å². The number of rotatable bonds is 6. The minimum atomic E-state index is 0.481. The van der Waals surface area contributed by atoms with Gasteiger partial charge >= 0.3 is 0 Å². The molecular formula is C13H22ClN3S. The highest BCUT2D eigenvalue weighted by Crippen LogP contribution is 2.25. The van der Waals surface area contributed by atoms with Crippen LogP contribution in [0.25, 0.3) is 0 Å². The van der Waals surface area contributed by atoms with E-state index in [9.17, 15) is 0 Å². The average Bonchev–Trinajstić information content (AvgIpc) is 2.38. The highest BCUT2D eigenvalue weighted by molar-refractivity contribution is 7.98. The molecule has 0 saturated heterocycles. The Kier molecular flexibility index (Phi) is 6.22. The first-order valence-corrected chi connectivity index (χ1v) is 8.07. The molecule has 102 valence electrons. The van der Waals surface area contributed by atoms with E-state index in [4.69, 9.17) is 11.6 Å². The Hall–Kier alpha value is -0.480. The Morgan fingerprint density at radius 3 is 2.50 bits per heavy atom. The van der Waals surface area contributed by atoms with Gasteiger partial charge < -0.3 is 4.90 Å². The molecule has 0 bridgehead atoms. The van der Waals surface area contributed by atoms with Crippen molar-refractivity contribution in [2.24, 2.45) is 0 Å². The molecule has 3 nitrogen and oxygen atoms in total. The smallest absolute Gasteiger partial charge is 0.137 e. The van der Waals surface area contributed by atoms with Gasteiger partial charge in [0.2, 0.25) is 0 Å². The monoisotopic (exact) mass is 287 g/mol. The summed E-state index contributed by atoms with van der Waals surface area (Å²) in [4.78, 5) is 11.1. The van der Waals surface area contributed by atoms with Crippen LogP contribution in [0.4, 0.5) is 5.82 Å². The fourth-order valence-electron chi connectivity index (χ4n) is 1.89. The van der Waals surface area contributed by atoms with Crippen molar-refractivity contribution in [2.75, 3.05) is 24.0 Å². The summed E-state index contributed by atoms with van der Waals surface area (Å²) in [5, 5.41) is 0.572. The molecule has 0 radical (unpaired) electrons. The second kappa shape index (κ2) is 7.19. The van der Waals surface area contributed by atoms with Crippen LogP contribution in [0, 0.1) is 6.92 Å². The van der Waals surface area contributed by atoms with E-state index in [0.717, 1.165) is 35.8 Å². The maximum absolute atomic E-state index is 6.18. The summed E-state index contributed by atoms with van der Waals surface area (Å²) in [6, 6.07) is 0.481. The van der Waals surface area contributed by atoms with E-state index >= 15 is 0 Å². The lowest BCUT2D eigenvalue weighted by atomic mass is 10.2. The molecule has 0 aromatic carbocycles. The molecule has 0 aliphatic carbocycles. The maximum Gasteiger partial charge on any atom is 0.137 e. The molecule has 0 amide bonds. The Balaban J connectivity index is 3.10. The average molecular weight is 288 g/mol. The molecule has 18 heavy (non-hydrogen) atoms. The van der Waals surface area contributed by atoms with Crippen molar-refractivity contribution < 1.29 is 0 Å². The van der Waals surface area contributed by atoms with Gasteiger partial charge in [0, 0.05) is 30.8 Å². The van der Waals surface area contributed by atoms with Crippen molar-refractivity contribution in [2.45, 2.75) is 39.7 Å². The second-order valence-electron chi connectivity index (χ2n) is 4.36. The number of nitrogens with zero attached hydrogens (tertiary/aromatic N) is 3. The van der Waals surface area contributed by atoms with Crippen LogP contribution in [0.15, 0.2) is 0 Å². The third-order valence-electron chi connectivity index (χ3n) is 3.14. The molecule has 0 spiro atoms. The molecule has 1 atom stereocenters. The van der Waals surface area contributed by atoms with E-state index in [-0.39, 0.29) is 0 Å². The van der Waals surface area contributed by atoms with Gasteiger partial charge in [-0.25, -0.2) is 9.97 Å². The number of anilines is 1. The van der Waals surface area contributed by atoms with Gasteiger partial charge in [-0.05, 0) is 19.6 Å². The number of aryl methyl sites for hydroxylation is 1. The first kappa shape index (κ1) is 15.6. The Bertz CT molecular complexity index is 398. The fraction of sp³-hybridized carbons (Fsp3) is 0.692. The van der Waals surface area contributed by atoms with Crippen molar-refractivity contribution in [3.63, 3.8) is 0 Å². The molecular weight excluding hydrogens is 266 g/mol. The normalized spacial score (nSPS) is 12.6. The minimum Gasteiger partial charge on any atom is -0.356 e. The molecule has 1 rings (SSSR count). The van der Waals surface area contributed by atoms with Crippen LogP contribution in [0.1, 0.15) is 31.7 Å². The van der Waals surface area contributed by atoms with Gasteiger partial charge in [-0.1, -0.05) is 25.4 Å². The van der Waals surface area contributed by atoms with Gasteiger partial charge in [-0.15, -0.1) is 0 Å². The highest BCUT2D eigenvalue weighted by Gasteiger charge is 2.18. The summed E-state index contributed by atoms with van der Waals surface area (Å²) >= 11 is 8.04. The molecule has 0 N–H and O–H groups in total. The van der Waals surface area contributed by atoms with E-state index in [1.165, 1.54) is 0 Å². The lowest BCUT2D eigenvalue weighted by Crippen LogP contribution is -2.34. The second-order valence-corrected chi connectivity index (χ2v) is 5.63. The number of halogens is 1. The SMILES string of the molecule is CCc1nc(Cl)c(C)c(N(C)C(CC)CSC)n1. The Morgan fingerprint density at radius 1 is 1.33 bits per heavy atom. The third-order valence-corrected chi connectivity index (χ3v) is 4.22. The Morgan fingerprint density at radius 2 is 2.00 bits per heavy atom. The minimum absolute atomic E-state index is 0.481. The van der Waals surface area contributed by atoms with E-state index in [1.54, 1.807) is 0 Å². The topological polar surface area (TPSA) is 29.0 Å². The largest absolute Gasteiger partial charge is 0.356 e. The zero-order valence-corrected chi connectivity index (χ0v) is 13.4. The van der Waals surface area contributed by atoms with Gasteiger partial charge in [0.1, 0.15) is 16.8 Å². The first-order chi connectivity index (χ1) is 8.54. The highest BCUT2D eigenvalue weighted by atomic mass is 35.5. The van der Waals surface area contributed by atoms with Crippen LogP contribution in [0.2, 0.25) is 5.15 Å².